The highest BCUT2D eigenvalue weighted by Gasteiger charge is 2.31. The van der Waals surface area contributed by atoms with Crippen LogP contribution in [0.15, 0.2) is 82.8 Å². The summed E-state index contributed by atoms with van der Waals surface area (Å²) in [6.45, 7) is 3.29. The van der Waals surface area contributed by atoms with Crippen LogP contribution in [0.2, 0.25) is 0 Å². The summed E-state index contributed by atoms with van der Waals surface area (Å²) in [6, 6.07) is 19.0. The van der Waals surface area contributed by atoms with Crippen molar-refractivity contribution >= 4 is 33.0 Å². The van der Waals surface area contributed by atoms with Crippen molar-refractivity contribution in [2.75, 3.05) is 4.72 Å². The Morgan fingerprint density at radius 2 is 1.65 bits per heavy atom. The highest BCUT2D eigenvalue weighted by molar-refractivity contribution is 7.92. The van der Waals surface area contributed by atoms with Gasteiger partial charge in [-0.3, -0.25) is 19.6 Å². The number of nitro groups is 1. The monoisotopic (exact) mass is 478 g/mol. The summed E-state index contributed by atoms with van der Waals surface area (Å²) < 4.78 is 27.8. The summed E-state index contributed by atoms with van der Waals surface area (Å²) >= 11 is 0. The molecule has 3 aromatic rings. The van der Waals surface area contributed by atoms with Crippen LogP contribution in [0, 0.1) is 17.0 Å². The number of anilines is 1. The van der Waals surface area contributed by atoms with Crippen molar-refractivity contribution in [1.82, 2.24) is 5.01 Å². The minimum atomic E-state index is -3.72. The van der Waals surface area contributed by atoms with E-state index >= 15 is 0 Å². The molecule has 1 aliphatic rings. The molecular weight excluding hydrogens is 456 g/mol. The molecule has 0 aromatic heterocycles. The number of hydrogen-bond donors (Lipinski definition) is 1. The summed E-state index contributed by atoms with van der Waals surface area (Å²) in [5.74, 6) is -0.249. The lowest BCUT2D eigenvalue weighted by molar-refractivity contribution is -0.384. The molecule has 0 radical (unpaired) electrons. The predicted octanol–water partition coefficient (Wildman–Crippen LogP) is 4.40. The van der Waals surface area contributed by atoms with E-state index in [1.807, 2.05) is 6.92 Å². The Morgan fingerprint density at radius 3 is 2.21 bits per heavy atom. The Morgan fingerprint density at radius 1 is 1.03 bits per heavy atom. The number of nitro benzene ring substituents is 1. The van der Waals surface area contributed by atoms with Crippen LogP contribution in [-0.2, 0) is 14.8 Å². The molecule has 3 aromatic carbocycles. The van der Waals surface area contributed by atoms with Gasteiger partial charge >= 0.3 is 0 Å². The number of nitrogens with zero attached hydrogens (tertiary/aromatic N) is 3. The van der Waals surface area contributed by atoms with Gasteiger partial charge in [-0.2, -0.15) is 5.10 Å². The maximum atomic E-state index is 12.6. The summed E-state index contributed by atoms with van der Waals surface area (Å²) in [5.41, 5.74) is 3.48. The van der Waals surface area contributed by atoms with Gasteiger partial charge in [0.15, 0.2) is 0 Å². The number of benzene rings is 3. The van der Waals surface area contributed by atoms with Crippen molar-refractivity contribution in [2.24, 2.45) is 5.10 Å². The van der Waals surface area contributed by atoms with Crippen molar-refractivity contribution in [1.29, 1.82) is 0 Å². The number of rotatable bonds is 6. The Bertz CT molecular complexity index is 1370. The lowest BCUT2D eigenvalue weighted by Gasteiger charge is -2.20. The van der Waals surface area contributed by atoms with Gasteiger partial charge in [-0.05, 0) is 42.3 Å². The molecule has 1 heterocycles. The number of aryl methyl sites for hydroxylation is 1. The molecule has 1 aliphatic heterocycles. The van der Waals surface area contributed by atoms with E-state index in [1.165, 1.54) is 24.1 Å². The number of hydrogen-bond acceptors (Lipinski definition) is 6. The second-order valence-corrected chi connectivity index (χ2v) is 9.66. The molecule has 1 unspecified atom stereocenters. The fraction of sp³-hybridized carbons (Fsp3) is 0.167. The van der Waals surface area contributed by atoms with Crippen molar-refractivity contribution in [2.45, 2.75) is 31.2 Å². The predicted molar refractivity (Wildman–Crippen MR) is 128 cm³/mol. The molecule has 9 nitrogen and oxygen atoms in total. The van der Waals surface area contributed by atoms with Gasteiger partial charge < -0.3 is 0 Å². The third kappa shape index (κ3) is 4.81. The molecule has 34 heavy (non-hydrogen) atoms. The van der Waals surface area contributed by atoms with Crippen LogP contribution < -0.4 is 4.72 Å². The van der Waals surface area contributed by atoms with Gasteiger partial charge in [0.2, 0.25) is 5.91 Å². The number of carbonyl (C=O) groups is 1. The molecule has 1 N–H and O–H groups in total. The van der Waals surface area contributed by atoms with Gasteiger partial charge in [0.25, 0.3) is 15.7 Å². The second kappa shape index (κ2) is 9.06. The van der Waals surface area contributed by atoms with E-state index in [2.05, 4.69) is 9.82 Å². The third-order valence-corrected chi connectivity index (χ3v) is 6.92. The first-order valence-corrected chi connectivity index (χ1v) is 11.9. The highest BCUT2D eigenvalue weighted by Crippen LogP contribution is 2.33. The smallest absolute Gasteiger partial charge is 0.269 e. The topological polar surface area (TPSA) is 122 Å². The lowest BCUT2D eigenvalue weighted by Crippen LogP contribution is -2.24. The van der Waals surface area contributed by atoms with E-state index < -0.39 is 14.9 Å². The number of sulfonamides is 1. The van der Waals surface area contributed by atoms with Crippen LogP contribution in [0.3, 0.4) is 0 Å². The van der Waals surface area contributed by atoms with E-state index in [4.69, 9.17) is 0 Å². The maximum absolute atomic E-state index is 12.6. The van der Waals surface area contributed by atoms with Crippen LogP contribution >= 0.6 is 0 Å². The van der Waals surface area contributed by atoms with E-state index in [0.717, 1.165) is 16.7 Å². The third-order valence-electron chi connectivity index (χ3n) is 5.52. The average Bonchev–Trinajstić information content (AvgIpc) is 3.25. The number of non-ortho nitro benzene ring substituents is 1. The summed E-state index contributed by atoms with van der Waals surface area (Å²) in [6.07, 6.45) is 0.422. The Labute approximate surface area is 196 Å². The summed E-state index contributed by atoms with van der Waals surface area (Å²) in [5, 5.41) is 16.8. The van der Waals surface area contributed by atoms with Crippen molar-refractivity contribution in [3.8, 4) is 0 Å². The standard InChI is InChI=1S/C24H22N4O5S/c1-16-3-13-22(14-4-16)34(32,33)26-20-9-5-18(6-10-20)23-15-24(27(25-23)17(2)29)19-7-11-21(12-8-19)28(30)31/h3-14,24,26H,15H2,1-2H3. The zero-order valence-corrected chi connectivity index (χ0v) is 19.3. The largest absolute Gasteiger partial charge is 0.280 e. The molecule has 4 rings (SSSR count). The molecule has 0 fully saturated rings. The van der Waals surface area contributed by atoms with E-state index in [9.17, 15) is 23.3 Å². The van der Waals surface area contributed by atoms with Gasteiger partial charge in [-0.15, -0.1) is 0 Å². The molecule has 1 atom stereocenters. The van der Waals surface area contributed by atoms with Crippen LogP contribution in [0.5, 0.6) is 0 Å². The molecular formula is C24H22N4O5S. The quantitative estimate of drug-likeness (QED) is 0.416. The van der Waals surface area contributed by atoms with Gasteiger partial charge in [-0.25, -0.2) is 13.4 Å². The molecule has 0 bridgehead atoms. The zero-order chi connectivity index (χ0) is 24.5. The Kier molecular flexibility index (Phi) is 6.16. The molecule has 0 saturated carbocycles. The first-order chi connectivity index (χ1) is 16.1. The molecule has 10 heteroatoms. The summed E-state index contributed by atoms with van der Waals surface area (Å²) in [4.78, 5) is 22.8. The van der Waals surface area contributed by atoms with Crippen LogP contribution in [0.1, 0.15) is 36.1 Å². The van der Waals surface area contributed by atoms with Crippen LogP contribution in [0.25, 0.3) is 0 Å². The van der Waals surface area contributed by atoms with Crippen molar-refractivity contribution < 1.29 is 18.1 Å². The first-order valence-electron chi connectivity index (χ1n) is 10.5. The summed E-state index contributed by atoms with van der Waals surface area (Å²) in [7, 11) is -3.72. The molecule has 174 valence electrons. The van der Waals surface area contributed by atoms with Crippen LogP contribution in [0.4, 0.5) is 11.4 Å². The van der Waals surface area contributed by atoms with Crippen molar-refractivity contribution in [3.63, 3.8) is 0 Å². The minimum absolute atomic E-state index is 0.0269. The average molecular weight is 479 g/mol. The van der Waals surface area contributed by atoms with Gasteiger partial charge in [0.1, 0.15) is 0 Å². The lowest BCUT2D eigenvalue weighted by atomic mass is 9.98. The zero-order valence-electron chi connectivity index (χ0n) is 18.5. The van der Waals surface area contributed by atoms with Crippen molar-refractivity contribution in [3.05, 3.63) is 99.6 Å². The minimum Gasteiger partial charge on any atom is -0.280 e. The maximum Gasteiger partial charge on any atom is 0.269 e. The van der Waals surface area contributed by atoms with E-state index in [0.29, 0.717) is 17.8 Å². The fourth-order valence-corrected chi connectivity index (χ4v) is 4.77. The highest BCUT2D eigenvalue weighted by atomic mass is 32.2. The Hall–Kier alpha value is -4.05. The van der Waals surface area contributed by atoms with Gasteiger partial charge in [-0.1, -0.05) is 42.0 Å². The SMILES string of the molecule is CC(=O)N1N=C(c2ccc(NS(=O)(=O)c3ccc(C)cc3)cc2)CC1c1ccc([N+](=O)[O-])cc1. The number of carbonyl (C=O) groups excluding carboxylic acids is 1. The normalized spacial score (nSPS) is 15.6. The molecule has 0 aliphatic carbocycles. The second-order valence-electron chi connectivity index (χ2n) is 7.97. The van der Waals surface area contributed by atoms with Gasteiger partial charge in [0.05, 0.1) is 21.6 Å². The van der Waals surface area contributed by atoms with Gasteiger partial charge in [0, 0.05) is 31.2 Å². The first kappa shape index (κ1) is 23.1. The van der Waals surface area contributed by atoms with Crippen LogP contribution in [-0.4, -0.2) is 30.0 Å². The molecule has 1 amide bonds. The van der Waals surface area contributed by atoms with E-state index in [-0.39, 0.29) is 22.5 Å². The number of amides is 1. The number of hydrazone groups is 1. The fourth-order valence-electron chi connectivity index (χ4n) is 3.72. The van der Waals surface area contributed by atoms with E-state index in [1.54, 1.807) is 60.7 Å². The number of nitrogens with one attached hydrogen (secondary N) is 1. The Balaban J connectivity index is 1.53. The molecule has 0 saturated heterocycles. The molecule has 0 spiro atoms.